The fraction of sp³-hybridized carbons (Fsp3) is 0.267. The van der Waals surface area contributed by atoms with E-state index in [2.05, 4.69) is 24.9 Å². The summed E-state index contributed by atoms with van der Waals surface area (Å²) in [5, 5.41) is 10.3. The van der Waals surface area contributed by atoms with Gasteiger partial charge in [-0.25, -0.2) is 0 Å². The van der Waals surface area contributed by atoms with Gasteiger partial charge in [0, 0.05) is 18.8 Å². The van der Waals surface area contributed by atoms with Gasteiger partial charge in [0.1, 0.15) is 0 Å². The number of aliphatic hydroxyl groups excluding tert-OH is 1. The lowest BCUT2D eigenvalue weighted by atomic mass is 9.95. The zero-order chi connectivity index (χ0) is 12.3. The van der Waals surface area contributed by atoms with Crippen molar-refractivity contribution in [2.75, 3.05) is 0 Å². The highest BCUT2D eigenvalue weighted by Crippen LogP contribution is 2.23. The van der Waals surface area contributed by atoms with Gasteiger partial charge in [-0.3, -0.25) is 4.98 Å². The first kappa shape index (κ1) is 11.8. The van der Waals surface area contributed by atoms with E-state index in [1.165, 1.54) is 11.1 Å². The Morgan fingerprint density at radius 3 is 2.53 bits per heavy atom. The molecule has 0 saturated carbocycles. The topological polar surface area (TPSA) is 33.1 Å². The lowest BCUT2D eigenvalue weighted by molar-refractivity contribution is 0.177. The fourth-order valence-corrected chi connectivity index (χ4v) is 1.99. The highest BCUT2D eigenvalue weighted by Gasteiger charge is 2.11. The van der Waals surface area contributed by atoms with Crippen molar-refractivity contribution in [3.05, 3.63) is 65.0 Å². The fourth-order valence-electron chi connectivity index (χ4n) is 1.99. The number of aryl methyl sites for hydroxylation is 1. The zero-order valence-corrected chi connectivity index (χ0v) is 10.2. The molecule has 0 amide bonds. The summed E-state index contributed by atoms with van der Waals surface area (Å²) in [6, 6.07) is 9.93. The van der Waals surface area contributed by atoms with Crippen LogP contribution >= 0.6 is 0 Å². The summed E-state index contributed by atoms with van der Waals surface area (Å²) in [5.74, 6) is 0. The summed E-state index contributed by atoms with van der Waals surface area (Å²) in [6.07, 6.45) is 3.70. The monoisotopic (exact) mass is 227 g/mol. The van der Waals surface area contributed by atoms with Gasteiger partial charge in [-0.15, -0.1) is 0 Å². The number of hydrogen-bond donors (Lipinski definition) is 1. The molecule has 0 aliphatic rings. The number of nitrogens with zero attached hydrogens (tertiary/aromatic N) is 1. The molecule has 17 heavy (non-hydrogen) atoms. The molecule has 1 atom stereocenters. The van der Waals surface area contributed by atoms with Gasteiger partial charge in [0.15, 0.2) is 0 Å². The molecule has 0 fully saturated rings. The standard InChI is InChI=1S/C15H17NO/c1-11-4-3-5-14(12(11)2)15(17)10-13-6-8-16-9-7-13/h3-9,15,17H,10H2,1-2H3/t15-/m1/s1. The molecule has 88 valence electrons. The zero-order valence-electron chi connectivity index (χ0n) is 10.2. The van der Waals surface area contributed by atoms with Gasteiger partial charge >= 0.3 is 0 Å². The molecular formula is C15H17NO. The van der Waals surface area contributed by atoms with E-state index in [0.717, 1.165) is 11.1 Å². The summed E-state index contributed by atoms with van der Waals surface area (Å²) in [6.45, 7) is 4.12. The Morgan fingerprint density at radius 1 is 1.12 bits per heavy atom. The Balaban J connectivity index is 2.20. The average molecular weight is 227 g/mol. The molecule has 1 aromatic carbocycles. The van der Waals surface area contributed by atoms with Crippen molar-refractivity contribution >= 4 is 0 Å². The highest BCUT2D eigenvalue weighted by atomic mass is 16.3. The van der Waals surface area contributed by atoms with Crippen LogP contribution in [0.4, 0.5) is 0 Å². The molecular weight excluding hydrogens is 210 g/mol. The molecule has 0 aliphatic heterocycles. The maximum Gasteiger partial charge on any atom is 0.0833 e. The predicted molar refractivity (Wildman–Crippen MR) is 68.8 cm³/mol. The van der Waals surface area contributed by atoms with Crippen LogP contribution in [0.15, 0.2) is 42.7 Å². The number of rotatable bonds is 3. The van der Waals surface area contributed by atoms with Crippen molar-refractivity contribution in [3.8, 4) is 0 Å². The Bertz CT molecular complexity index is 494. The normalized spacial score (nSPS) is 12.4. The average Bonchev–Trinajstić information content (AvgIpc) is 2.34. The smallest absolute Gasteiger partial charge is 0.0833 e. The molecule has 2 nitrogen and oxygen atoms in total. The lowest BCUT2D eigenvalue weighted by Gasteiger charge is -2.15. The molecule has 0 bridgehead atoms. The Morgan fingerprint density at radius 2 is 1.82 bits per heavy atom. The van der Waals surface area contributed by atoms with Gasteiger partial charge in [-0.2, -0.15) is 0 Å². The van der Waals surface area contributed by atoms with E-state index >= 15 is 0 Å². The summed E-state index contributed by atoms with van der Waals surface area (Å²) in [5.41, 5.74) is 4.51. The minimum Gasteiger partial charge on any atom is -0.388 e. The van der Waals surface area contributed by atoms with Gasteiger partial charge in [0.05, 0.1) is 6.10 Å². The van der Waals surface area contributed by atoms with Crippen LogP contribution in [-0.2, 0) is 6.42 Å². The summed E-state index contributed by atoms with van der Waals surface area (Å²) in [7, 11) is 0. The van der Waals surface area contributed by atoms with Crippen LogP contribution in [-0.4, -0.2) is 10.1 Å². The summed E-state index contributed by atoms with van der Waals surface area (Å²) < 4.78 is 0. The molecule has 2 aromatic rings. The van der Waals surface area contributed by atoms with Crippen molar-refractivity contribution in [2.24, 2.45) is 0 Å². The van der Waals surface area contributed by atoms with Crippen molar-refractivity contribution in [3.63, 3.8) is 0 Å². The van der Waals surface area contributed by atoms with Crippen LogP contribution in [0.3, 0.4) is 0 Å². The van der Waals surface area contributed by atoms with E-state index < -0.39 is 6.10 Å². The molecule has 0 radical (unpaired) electrons. The van der Waals surface area contributed by atoms with Crippen molar-refractivity contribution < 1.29 is 5.11 Å². The quantitative estimate of drug-likeness (QED) is 0.874. The Labute approximate surface area is 102 Å². The van der Waals surface area contributed by atoms with E-state index in [4.69, 9.17) is 0 Å². The van der Waals surface area contributed by atoms with Crippen molar-refractivity contribution in [1.29, 1.82) is 0 Å². The van der Waals surface area contributed by atoms with Gasteiger partial charge in [0.2, 0.25) is 0 Å². The number of aromatic nitrogens is 1. The van der Waals surface area contributed by atoms with Crippen LogP contribution in [0.2, 0.25) is 0 Å². The summed E-state index contributed by atoms with van der Waals surface area (Å²) >= 11 is 0. The minimum atomic E-state index is -0.447. The first-order valence-corrected chi connectivity index (χ1v) is 5.81. The molecule has 2 heteroatoms. The third kappa shape index (κ3) is 2.71. The molecule has 0 spiro atoms. The van der Waals surface area contributed by atoms with Gasteiger partial charge in [0.25, 0.3) is 0 Å². The third-order valence-electron chi connectivity index (χ3n) is 3.18. The molecule has 2 rings (SSSR count). The van der Waals surface area contributed by atoms with E-state index in [-0.39, 0.29) is 0 Å². The van der Waals surface area contributed by atoms with E-state index in [0.29, 0.717) is 6.42 Å². The molecule has 0 saturated heterocycles. The van der Waals surface area contributed by atoms with Crippen LogP contribution in [0.1, 0.15) is 28.4 Å². The van der Waals surface area contributed by atoms with Gasteiger partial charge < -0.3 is 5.11 Å². The number of hydrogen-bond acceptors (Lipinski definition) is 2. The molecule has 1 aromatic heterocycles. The Kier molecular flexibility index (Phi) is 3.55. The van der Waals surface area contributed by atoms with Crippen LogP contribution < -0.4 is 0 Å². The number of benzene rings is 1. The van der Waals surface area contributed by atoms with Crippen molar-refractivity contribution in [1.82, 2.24) is 4.98 Å². The third-order valence-corrected chi connectivity index (χ3v) is 3.18. The van der Waals surface area contributed by atoms with E-state index in [1.807, 2.05) is 24.3 Å². The first-order valence-electron chi connectivity index (χ1n) is 5.81. The highest BCUT2D eigenvalue weighted by molar-refractivity contribution is 5.35. The maximum absolute atomic E-state index is 10.3. The van der Waals surface area contributed by atoms with Gasteiger partial charge in [-0.1, -0.05) is 18.2 Å². The van der Waals surface area contributed by atoms with Gasteiger partial charge in [-0.05, 0) is 48.2 Å². The molecule has 0 aliphatic carbocycles. The van der Waals surface area contributed by atoms with E-state index in [9.17, 15) is 5.11 Å². The van der Waals surface area contributed by atoms with Crippen LogP contribution in [0.5, 0.6) is 0 Å². The number of aliphatic hydroxyl groups is 1. The Hall–Kier alpha value is -1.67. The summed E-state index contributed by atoms with van der Waals surface area (Å²) in [4.78, 5) is 3.98. The predicted octanol–water partition coefficient (Wildman–Crippen LogP) is 2.97. The number of pyridine rings is 1. The minimum absolute atomic E-state index is 0.447. The first-order chi connectivity index (χ1) is 8.18. The lowest BCUT2D eigenvalue weighted by Crippen LogP contribution is -2.04. The SMILES string of the molecule is Cc1cccc([C@H](O)Cc2ccncc2)c1C. The molecule has 0 unspecified atom stereocenters. The second kappa shape index (κ2) is 5.11. The van der Waals surface area contributed by atoms with Crippen molar-refractivity contribution in [2.45, 2.75) is 26.4 Å². The van der Waals surface area contributed by atoms with Crippen LogP contribution in [0.25, 0.3) is 0 Å². The second-order valence-corrected chi connectivity index (χ2v) is 4.36. The largest absolute Gasteiger partial charge is 0.388 e. The molecule has 1 heterocycles. The second-order valence-electron chi connectivity index (χ2n) is 4.36. The van der Waals surface area contributed by atoms with E-state index in [1.54, 1.807) is 12.4 Å². The molecule has 1 N–H and O–H groups in total. The van der Waals surface area contributed by atoms with Crippen LogP contribution in [0, 0.1) is 13.8 Å². The maximum atomic E-state index is 10.3.